The number of nitrogens with one attached hydrogen (secondary N) is 3. The Labute approximate surface area is 206 Å². The van der Waals surface area contributed by atoms with Crippen molar-refractivity contribution in [3.63, 3.8) is 0 Å². The minimum atomic E-state index is -0.144. The molecule has 9 heteroatoms. The number of aliphatic imine (C=N–C) groups is 1. The van der Waals surface area contributed by atoms with Gasteiger partial charge in [-0.15, -0.1) is 24.0 Å². The van der Waals surface area contributed by atoms with E-state index in [4.69, 9.17) is 9.47 Å². The number of pyridine rings is 1. The van der Waals surface area contributed by atoms with Gasteiger partial charge in [-0.3, -0.25) is 9.78 Å². The highest BCUT2D eigenvalue weighted by atomic mass is 127. The topological polar surface area (TPSA) is 96.9 Å². The maximum absolute atomic E-state index is 12.1. The molecular formula is C23H32IN5O3. The summed E-state index contributed by atoms with van der Waals surface area (Å²) in [5.74, 6) is 1.40. The molecule has 0 bridgehead atoms. The third kappa shape index (κ3) is 8.27. The molecule has 1 atom stereocenters. The average molecular weight is 553 g/mol. The van der Waals surface area contributed by atoms with Gasteiger partial charge in [-0.1, -0.05) is 12.1 Å². The first-order valence-corrected chi connectivity index (χ1v) is 10.7. The predicted octanol–water partition coefficient (Wildman–Crippen LogP) is 2.66. The summed E-state index contributed by atoms with van der Waals surface area (Å²) in [5.41, 5.74) is 2.72. The van der Waals surface area contributed by atoms with Crippen LogP contribution in [0.5, 0.6) is 5.75 Å². The average Bonchev–Trinajstić information content (AvgIpc) is 3.29. The van der Waals surface area contributed by atoms with E-state index < -0.39 is 0 Å². The lowest BCUT2D eigenvalue weighted by Gasteiger charge is -2.16. The van der Waals surface area contributed by atoms with Crippen molar-refractivity contribution >= 4 is 35.8 Å². The van der Waals surface area contributed by atoms with E-state index >= 15 is 0 Å². The van der Waals surface area contributed by atoms with Crippen molar-refractivity contribution in [2.45, 2.75) is 32.9 Å². The standard InChI is InChI=1S/C23H31N5O3.HI/c1-3-25-23(27-11-10-26-22(29)19-5-4-9-24-14-19)28-15-18-7-6-17(2)13-21(18)31-20-8-12-30-16-20;/h4-7,9,13-14,20H,3,8,10-12,15-16H2,1-2H3,(H,26,29)(H2,25,27,28);1H. The molecule has 1 aliphatic heterocycles. The molecular weight excluding hydrogens is 521 g/mol. The van der Waals surface area contributed by atoms with Gasteiger partial charge in [0, 0.05) is 44.0 Å². The molecule has 8 nitrogen and oxygen atoms in total. The minimum absolute atomic E-state index is 0. The molecule has 3 rings (SSSR count). The van der Waals surface area contributed by atoms with Crippen LogP contribution >= 0.6 is 24.0 Å². The Morgan fingerprint density at radius 3 is 2.81 bits per heavy atom. The van der Waals surface area contributed by atoms with E-state index in [1.807, 2.05) is 6.92 Å². The maximum Gasteiger partial charge on any atom is 0.252 e. The molecule has 32 heavy (non-hydrogen) atoms. The Morgan fingerprint density at radius 2 is 2.09 bits per heavy atom. The number of nitrogens with zero attached hydrogens (tertiary/aromatic N) is 2. The summed E-state index contributed by atoms with van der Waals surface area (Å²) in [6.07, 6.45) is 4.20. The zero-order valence-corrected chi connectivity index (χ0v) is 20.9. The summed E-state index contributed by atoms with van der Waals surface area (Å²) < 4.78 is 11.6. The van der Waals surface area contributed by atoms with E-state index in [1.165, 1.54) is 0 Å². The highest BCUT2D eigenvalue weighted by Crippen LogP contribution is 2.24. The molecule has 1 saturated heterocycles. The Morgan fingerprint density at radius 1 is 1.25 bits per heavy atom. The van der Waals surface area contributed by atoms with Gasteiger partial charge in [0.05, 0.1) is 25.3 Å². The second-order valence-electron chi connectivity index (χ2n) is 7.33. The van der Waals surface area contributed by atoms with Crippen LogP contribution in [0.4, 0.5) is 0 Å². The van der Waals surface area contributed by atoms with Crippen LogP contribution in [0.3, 0.4) is 0 Å². The number of rotatable bonds is 9. The van der Waals surface area contributed by atoms with Crippen LogP contribution in [-0.4, -0.2) is 55.8 Å². The van der Waals surface area contributed by atoms with Crippen molar-refractivity contribution in [1.82, 2.24) is 20.9 Å². The number of hydrogen-bond acceptors (Lipinski definition) is 5. The number of ether oxygens (including phenoxy) is 2. The summed E-state index contributed by atoms with van der Waals surface area (Å²) >= 11 is 0. The first kappa shape index (κ1) is 25.9. The zero-order valence-electron chi connectivity index (χ0n) is 18.6. The highest BCUT2D eigenvalue weighted by molar-refractivity contribution is 14.0. The van der Waals surface area contributed by atoms with Crippen LogP contribution in [0.25, 0.3) is 0 Å². The van der Waals surface area contributed by atoms with E-state index in [-0.39, 0.29) is 36.0 Å². The van der Waals surface area contributed by atoms with Crippen LogP contribution in [0.2, 0.25) is 0 Å². The number of guanidine groups is 1. The lowest BCUT2D eigenvalue weighted by molar-refractivity contribution is 0.0954. The zero-order chi connectivity index (χ0) is 21.9. The minimum Gasteiger partial charge on any atom is -0.488 e. The van der Waals surface area contributed by atoms with Crippen LogP contribution < -0.4 is 20.7 Å². The van der Waals surface area contributed by atoms with Gasteiger partial charge >= 0.3 is 0 Å². The molecule has 1 aromatic heterocycles. The lowest BCUT2D eigenvalue weighted by atomic mass is 10.1. The molecule has 2 aromatic rings. The normalized spacial score (nSPS) is 15.6. The predicted molar refractivity (Wildman–Crippen MR) is 136 cm³/mol. The Hall–Kier alpha value is -2.40. The third-order valence-corrected chi connectivity index (χ3v) is 4.78. The SMILES string of the molecule is CCNC(=NCc1ccc(C)cc1OC1CCOC1)NCCNC(=O)c1cccnc1.I. The largest absolute Gasteiger partial charge is 0.488 e. The smallest absolute Gasteiger partial charge is 0.252 e. The Kier molecular flexibility index (Phi) is 11.2. The number of hydrogen-bond donors (Lipinski definition) is 3. The van der Waals surface area contributed by atoms with Gasteiger partial charge in [-0.2, -0.15) is 0 Å². The van der Waals surface area contributed by atoms with E-state index in [9.17, 15) is 4.79 Å². The summed E-state index contributed by atoms with van der Waals surface area (Å²) in [6.45, 7) is 7.69. The van der Waals surface area contributed by atoms with Crippen LogP contribution in [0.15, 0.2) is 47.7 Å². The monoisotopic (exact) mass is 553 g/mol. The molecule has 0 aliphatic carbocycles. The number of aryl methyl sites for hydroxylation is 1. The van der Waals surface area contributed by atoms with Gasteiger partial charge in [0.2, 0.25) is 0 Å². The van der Waals surface area contributed by atoms with Gasteiger partial charge in [-0.05, 0) is 37.6 Å². The lowest BCUT2D eigenvalue weighted by Crippen LogP contribution is -2.41. The Balaban J connectivity index is 0.00000363. The number of benzene rings is 1. The summed E-state index contributed by atoms with van der Waals surface area (Å²) in [7, 11) is 0. The fourth-order valence-electron chi connectivity index (χ4n) is 3.15. The molecule has 2 heterocycles. The summed E-state index contributed by atoms with van der Waals surface area (Å²) in [4.78, 5) is 20.7. The van der Waals surface area contributed by atoms with Crippen molar-refractivity contribution < 1.29 is 14.3 Å². The molecule has 0 spiro atoms. The van der Waals surface area contributed by atoms with Gasteiger partial charge in [0.25, 0.3) is 5.91 Å². The van der Waals surface area contributed by atoms with Crippen molar-refractivity contribution in [3.05, 3.63) is 59.4 Å². The van der Waals surface area contributed by atoms with E-state index in [1.54, 1.807) is 24.5 Å². The number of amides is 1. The first-order chi connectivity index (χ1) is 15.2. The molecule has 1 fully saturated rings. The molecule has 1 unspecified atom stereocenters. The second kappa shape index (κ2) is 13.9. The molecule has 3 N–H and O–H groups in total. The van der Waals surface area contributed by atoms with Crippen LogP contribution in [0, 0.1) is 6.92 Å². The molecule has 1 amide bonds. The highest BCUT2D eigenvalue weighted by Gasteiger charge is 2.18. The number of carbonyl (C=O) groups excluding carboxylic acids is 1. The van der Waals surface area contributed by atoms with E-state index in [2.05, 4.69) is 51.0 Å². The van der Waals surface area contributed by atoms with Crippen LogP contribution in [0.1, 0.15) is 34.8 Å². The van der Waals surface area contributed by atoms with Gasteiger partial charge in [-0.25, -0.2) is 4.99 Å². The van der Waals surface area contributed by atoms with Crippen molar-refractivity contribution in [3.8, 4) is 5.75 Å². The summed E-state index contributed by atoms with van der Waals surface area (Å²) in [5, 5.41) is 9.35. The Bertz CT molecular complexity index is 873. The van der Waals surface area contributed by atoms with Gasteiger partial charge in [0.15, 0.2) is 5.96 Å². The molecule has 174 valence electrons. The van der Waals surface area contributed by atoms with Gasteiger partial charge in [0.1, 0.15) is 11.9 Å². The maximum atomic E-state index is 12.1. The van der Waals surface area contributed by atoms with Gasteiger partial charge < -0.3 is 25.4 Å². The fourth-order valence-corrected chi connectivity index (χ4v) is 3.15. The summed E-state index contributed by atoms with van der Waals surface area (Å²) in [6, 6.07) is 9.66. The van der Waals surface area contributed by atoms with Crippen LogP contribution in [-0.2, 0) is 11.3 Å². The molecule has 0 saturated carbocycles. The van der Waals surface area contributed by atoms with Crippen molar-refractivity contribution in [2.75, 3.05) is 32.8 Å². The molecule has 1 aromatic carbocycles. The van der Waals surface area contributed by atoms with E-state index in [0.29, 0.717) is 37.8 Å². The van der Waals surface area contributed by atoms with Crippen molar-refractivity contribution in [1.29, 1.82) is 0 Å². The number of aromatic nitrogens is 1. The molecule has 1 aliphatic rings. The second-order valence-corrected chi connectivity index (χ2v) is 7.33. The number of carbonyl (C=O) groups is 1. The quantitative estimate of drug-likeness (QED) is 0.191. The molecule has 0 radical (unpaired) electrons. The van der Waals surface area contributed by atoms with E-state index in [0.717, 1.165) is 36.4 Å². The number of halogens is 1. The fraction of sp³-hybridized carbons (Fsp3) is 0.435. The van der Waals surface area contributed by atoms with Crippen molar-refractivity contribution in [2.24, 2.45) is 4.99 Å². The third-order valence-electron chi connectivity index (χ3n) is 4.78. The first-order valence-electron chi connectivity index (χ1n) is 10.7.